The van der Waals surface area contributed by atoms with Gasteiger partial charge >= 0.3 is 88.4 Å². The molecule has 15 heavy (non-hydrogen) atoms. The summed E-state index contributed by atoms with van der Waals surface area (Å²) in [6, 6.07) is 0. The molecule has 1 spiro atoms. The van der Waals surface area contributed by atoms with Crippen molar-refractivity contribution in [2.75, 3.05) is 12.5 Å². The van der Waals surface area contributed by atoms with Gasteiger partial charge < -0.3 is 0 Å². The zero-order valence-corrected chi connectivity index (χ0v) is 11.5. The monoisotopic (exact) mass is 278 g/mol. The van der Waals surface area contributed by atoms with Crippen molar-refractivity contribution in [3.63, 3.8) is 0 Å². The normalized spacial score (nSPS) is 139. The molecule has 10 aliphatic heterocycles. The number of thioether (sulfide) groups is 2. The first-order valence-corrected chi connectivity index (χ1v) is 15.0. The van der Waals surface area contributed by atoms with E-state index < -0.39 is 6.51 Å². The topological polar surface area (TPSA) is 0 Å². The standard InChI is InChI=1S/C7H9S2.C5H5.Fe/c1-8-6-4-3-5-7(6)9-2;1-2-4-5-3-1;/h3-5H,1-2H3;1-5H;. The van der Waals surface area contributed by atoms with Gasteiger partial charge in [0.25, 0.3) is 0 Å². The fourth-order valence-electron chi connectivity index (χ4n) is 17.3. The molecule has 0 N–H and O–H groups in total. The van der Waals surface area contributed by atoms with Gasteiger partial charge in [-0.1, -0.05) is 0 Å². The Balaban J connectivity index is 1.90. The molecule has 10 fully saturated rings. The van der Waals surface area contributed by atoms with E-state index in [0.29, 0.717) is 0 Å². The second-order valence-electron chi connectivity index (χ2n) is 10.0. The van der Waals surface area contributed by atoms with Crippen molar-refractivity contribution < 1.29 is 6.51 Å². The van der Waals surface area contributed by atoms with Crippen molar-refractivity contribution in [3.05, 3.63) is 0 Å². The van der Waals surface area contributed by atoms with Crippen molar-refractivity contribution in [1.29, 1.82) is 0 Å². The first-order chi connectivity index (χ1) is 7.06. The van der Waals surface area contributed by atoms with E-state index in [1.807, 2.05) is 0 Å². The minimum atomic E-state index is -2.79. The Labute approximate surface area is 88.0 Å². The summed E-state index contributed by atoms with van der Waals surface area (Å²) in [5.41, 5.74) is 0. The molecule has 10 saturated heterocycles. The quantitative estimate of drug-likeness (QED) is 0.702. The van der Waals surface area contributed by atoms with Crippen LogP contribution in [0.1, 0.15) is 0 Å². The Morgan fingerprint density at radius 2 is 1.13 bits per heavy atom. The first kappa shape index (κ1) is 5.91. The van der Waals surface area contributed by atoms with E-state index in [4.69, 9.17) is 0 Å². The van der Waals surface area contributed by atoms with E-state index in [1.54, 1.807) is 0 Å². The Morgan fingerprint density at radius 1 is 0.733 bits per heavy atom. The molecule has 4 unspecified atom stereocenters. The Kier molecular flexibility index (Phi) is 0.171. The van der Waals surface area contributed by atoms with Crippen LogP contribution in [0.3, 0.4) is 0 Å². The third-order valence-electron chi connectivity index (χ3n) is 15.2. The molecular weight excluding hydrogens is 264 g/mol. The number of fused-ring (bicyclic) bond motifs is 10. The van der Waals surface area contributed by atoms with Gasteiger partial charge in [0.15, 0.2) is 0 Å². The van der Waals surface area contributed by atoms with Gasteiger partial charge in [0, 0.05) is 0 Å². The van der Waals surface area contributed by atoms with Gasteiger partial charge in [0.1, 0.15) is 0 Å². The van der Waals surface area contributed by atoms with E-state index in [0.717, 1.165) is 7.29 Å². The zero-order chi connectivity index (χ0) is 9.35. The molecule has 0 radical (unpaired) electrons. The van der Waals surface area contributed by atoms with Crippen molar-refractivity contribution in [2.45, 2.75) is 45.8 Å². The van der Waals surface area contributed by atoms with Crippen molar-refractivity contribution in [3.8, 4) is 0 Å². The first-order valence-electron chi connectivity index (χ1n) is 6.37. The molecule has 3 heteroatoms. The van der Waals surface area contributed by atoms with Crippen LogP contribution >= 0.6 is 23.5 Å². The van der Waals surface area contributed by atoms with Gasteiger partial charge in [-0.05, 0) is 0 Å². The van der Waals surface area contributed by atoms with Crippen LogP contribution in [0.15, 0.2) is 0 Å². The third kappa shape index (κ3) is 0.0485. The summed E-state index contributed by atoms with van der Waals surface area (Å²) >= 11 is 4.88. The molecule has 10 heterocycles. The van der Waals surface area contributed by atoms with Gasteiger partial charge in [-0.3, -0.25) is 0 Å². The molecule has 0 nitrogen and oxygen atoms in total. The number of hydrogen-bond donors (Lipinski definition) is 0. The number of hydrogen-bond acceptors (Lipinski definition) is 2. The molecule has 0 aliphatic carbocycles. The van der Waals surface area contributed by atoms with E-state index in [1.165, 1.54) is 38.5 Å². The summed E-state index contributed by atoms with van der Waals surface area (Å²) in [5, 5.41) is 0. The Hall–Kier alpha value is 1.22. The van der Waals surface area contributed by atoms with Crippen LogP contribution in [0.25, 0.3) is 0 Å². The van der Waals surface area contributed by atoms with Crippen molar-refractivity contribution >= 4 is 23.5 Å². The molecule has 0 aromatic rings. The van der Waals surface area contributed by atoms with Crippen LogP contribution < -0.4 is 0 Å². The summed E-state index contributed by atoms with van der Waals surface area (Å²) in [6.07, 6.45) is 5.03. The van der Waals surface area contributed by atoms with Crippen LogP contribution in [-0.4, -0.2) is 19.8 Å². The maximum atomic E-state index is 2.51. The Bertz CT molecular complexity index is 852. The summed E-state index contributed by atoms with van der Waals surface area (Å²) in [4.78, 5) is 11.9. The SMILES string of the molecule is CS[C]12[CH]3[CH]4[CH]5[C]1(SC)[Fe]43521678[CH]2[CH]1[CH]6[CH]7[CH]28. The minimum absolute atomic E-state index is 1.06. The maximum absolute atomic E-state index is 2.79. The molecule has 10 rings (SSSR count). The summed E-state index contributed by atoms with van der Waals surface area (Å²) < 4.78 is 2.12. The van der Waals surface area contributed by atoms with Crippen LogP contribution in [-0.2, 0) is 6.51 Å². The van der Waals surface area contributed by atoms with Gasteiger partial charge in [-0.2, -0.15) is 0 Å². The fraction of sp³-hybridized carbons (Fsp3) is 1.00. The number of rotatable bonds is 2. The fourth-order valence-corrected chi connectivity index (χ4v) is 114. The predicted molar refractivity (Wildman–Crippen MR) is 62.5 cm³/mol. The second kappa shape index (κ2) is 0.434. The van der Waals surface area contributed by atoms with E-state index in [-0.39, 0.29) is 0 Å². The van der Waals surface area contributed by atoms with E-state index >= 15 is 0 Å². The molecular formula is C12H14FeS2. The van der Waals surface area contributed by atoms with E-state index in [2.05, 4.69) is 36.0 Å². The third-order valence-corrected chi connectivity index (χ3v) is 67.5. The van der Waals surface area contributed by atoms with Crippen LogP contribution in [0.4, 0.5) is 0 Å². The average Bonchev–Trinajstić information content (AvgIpc) is 3.21. The van der Waals surface area contributed by atoms with Gasteiger partial charge in [0.2, 0.25) is 0 Å². The van der Waals surface area contributed by atoms with Crippen molar-refractivity contribution in [1.82, 2.24) is 0 Å². The molecule has 82 valence electrons. The average molecular weight is 278 g/mol. The van der Waals surface area contributed by atoms with Crippen LogP contribution in [0, 0.1) is 0 Å². The van der Waals surface area contributed by atoms with Gasteiger partial charge in [0.05, 0.1) is 0 Å². The predicted octanol–water partition coefficient (Wildman–Crippen LogP) is 3.92. The molecule has 0 bridgehead atoms. The molecule has 10 aliphatic rings. The Morgan fingerprint density at radius 3 is 1.27 bits per heavy atom. The summed E-state index contributed by atoms with van der Waals surface area (Å²) in [6.45, 7) is -2.79. The summed E-state index contributed by atoms with van der Waals surface area (Å²) in [7, 11) is 0. The van der Waals surface area contributed by atoms with Crippen LogP contribution in [0.2, 0.25) is 38.5 Å². The molecule has 0 aromatic heterocycles. The molecule has 0 saturated carbocycles. The van der Waals surface area contributed by atoms with Gasteiger partial charge in [-0.15, -0.1) is 0 Å². The van der Waals surface area contributed by atoms with E-state index in [9.17, 15) is 0 Å². The zero-order valence-electron chi connectivity index (χ0n) is 8.79. The summed E-state index contributed by atoms with van der Waals surface area (Å²) in [5.74, 6) is 0. The van der Waals surface area contributed by atoms with Crippen molar-refractivity contribution in [2.24, 2.45) is 0 Å². The molecule has 0 aromatic carbocycles. The second-order valence-corrected chi connectivity index (χ2v) is 36.0. The van der Waals surface area contributed by atoms with Gasteiger partial charge in [-0.25, -0.2) is 0 Å². The van der Waals surface area contributed by atoms with Crippen LogP contribution in [0.5, 0.6) is 0 Å². The molecule has 0 amide bonds. The molecule has 4 atom stereocenters.